The molecule has 2 fully saturated rings. The lowest BCUT2D eigenvalue weighted by molar-refractivity contribution is 0.0939. The first-order valence-corrected chi connectivity index (χ1v) is 11.0. The molecule has 170 valence electrons. The molecule has 2 aromatic heterocycles. The summed E-state index contributed by atoms with van der Waals surface area (Å²) in [6.07, 6.45) is 4.75. The summed E-state index contributed by atoms with van der Waals surface area (Å²) in [7, 11) is 0. The number of nitrogens with zero attached hydrogens (tertiary/aromatic N) is 5. The molecule has 2 bridgehead atoms. The smallest absolute Gasteiger partial charge is 0.270 e. The van der Waals surface area contributed by atoms with Crippen molar-refractivity contribution in [3.8, 4) is 6.07 Å². The van der Waals surface area contributed by atoms with Crippen LogP contribution in [0.1, 0.15) is 48.3 Å². The first-order valence-electron chi connectivity index (χ1n) is 11.0. The van der Waals surface area contributed by atoms with Crippen LogP contribution in [-0.4, -0.2) is 73.9 Å². The number of hydrogen-bond acceptors (Lipinski definition) is 9. The second-order valence-electron chi connectivity index (χ2n) is 8.35. The van der Waals surface area contributed by atoms with Gasteiger partial charge in [-0.25, -0.2) is 4.98 Å². The number of nitriles is 1. The summed E-state index contributed by atoms with van der Waals surface area (Å²) in [5, 5.41) is 34.1. The summed E-state index contributed by atoms with van der Waals surface area (Å²) in [5.41, 5.74) is 1.11. The van der Waals surface area contributed by atoms with Crippen molar-refractivity contribution in [2.45, 2.75) is 57.2 Å². The Kier molecular flexibility index (Phi) is 6.82. The third kappa shape index (κ3) is 5.15. The van der Waals surface area contributed by atoms with Gasteiger partial charge in [-0.3, -0.25) is 14.8 Å². The lowest BCUT2D eigenvalue weighted by Crippen LogP contribution is -2.47. The number of rotatable bonds is 9. The van der Waals surface area contributed by atoms with E-state index in [0.717, 1.165) is 37.9 Å². The zero-order chi connectivity index (χ0) is 22.5. The van der Waals surface area contributed by atoms with Gasteiger partial charge < -0.3 is 21.1 Å². The Morgan fingerprint density at radius 1 is 1.28 bits per heavy atom. The van der Waals surface area contributed by atoms with Gasteiger partial charge in [0.15, 0.2) is 5.82 Å². The molecule has 0 aliphatic carbocycles. The monoisotopic (exact) mass is 439 g/mol. The van der Waals surface area contributed by atoms with Crippen LogP contribution < -0.4 is 16.0 Å². The molecule has 11 heteroatoms. The number of piperidine rings is 1. The maximum atomic E-state index is 12.5. The van der Waals surface area contributed by atoms with Gasteiger partial charge in [0.05, 0.1) is 12.7 Å². The van der Waals surface area contributed by atoms with Crippen LogP contribution in [0.5, 0.6) is 0 Å². The van der Waals surface area contributed by atoms with E-state index in [1.165, 1.54) is 0 Å². The van der Waals surface area contributed by atoms with Crippen LogP contribution in [0.15, 0.2) is 12.1 Å². The lowest BCUT2D eigenvalue weighted by Gasteiger charge is -2.38. The van der Waals surface area contributed by atoms with Crippen LogP contribution in [-0.2, 0) is 0 Å². The van der Waals surface area contributed by atoms with Crippen molar-refractivity contribution in [3.63, 3.8) is 0 Å². The quantitative estimate of drug-likeness (QED) is 0.389. The van der Waals surface area contributed by atoms with E-state index < -0.39 is 0 Å². The summed E-state index contributed by atoms with van der Waals surface area (Å²) in [6.45, 7) is 2.73. The van der Waals surface area contributed by atoms with E-state index in [9.17, 15) is 4.79 Å². The number of aliphatic hydroxyl groups is 1. The summed E-state index contributed by atoms with van der Waals surface area (Å²) < 4.78 is 0. The first-order chi connectivity index (χ1) is 15.6. The largest absolute Gasteiger partial charge is 0.395 e. The standard InChI is InChI=1S/C21H29N9O2/c1-13-9-19(29-28-13)26-18-12-17(20(32)23-6-8-31)25-21(27-18)24-14-10-15-3-4-16(11-14)30(15)7-2-5-22/h9,12,14-16,31H,2-4,6-8,10-11H2,1H3,(H,23,32)(H3,24,25,26,27,28,29)/t14-,15-,16+. The van der Waals surface area contributed by atoms with Crippen molar-refractivity contribution in [3.05, 3.63) is 23.5 Å². The highest BCUT2D eigenvalue weighted by Crippen LogP contribution is 2.36. The maximum Gasteiger partial charge on any atom is 0.270 e. The number of hydrogen-bond donors (Lipinski definition) is 5. The lowest BCUT2D eigenvalue weighted by atomic mass is 9.97. The highest BCUT2D eigenvalue weighted by molar-refractivity contribution is 5.93. The number of amides is 1. The van der Waals surface area contributed by atoms with Crippen LogP contribution in [0.4, 0.5) is 17.6 Å². The summed E-state index contributed by atoms with van der Waals surface area (Å²) >= 11 is 0. The maximum absolute atomic E-state index is 12.5. The van der Waals surface area contributed by atoms with E-state index in [4.69, 9.17) is 10.4 Å². The van der Waals surface area contributed by atoms with E-state index in [2.05, 4.69) is 47.1 Å². The number of aromatic nitrogens is 4. The second kappa shape index (κ2) is 9.93. The molecule has 2 aliphatic heterocycles. The molecule has 32 heavy (non-hydrogen) atoms. The SMILES string of the molecule is Cc1cc(Nc2cc(C(=O)NCCO)nc(N[C@@H]3C[C@H]4CC[C@@H](C3)N4CCC#N)n2)n[nH]1. The molecule has 2 aromatic rings. The molecular weight excluding hydrogens is 410 g/mol. The highest BCUT2D eigenvalue weighted by Gasteiger charge is 2.40. The average Bonchev–Trinajstić information content (AvgIpc) is 3.28. The third-order valence-corrected chi connectivity index (χ3v) is 6.02. The number of anilines is 3. The van der Waals surface area contributed by atoms with Crippen LogP contribution in [0.3, 0.4) is 0 Å². The predicted molar refractivity (Wildman–Crippen MR) is 118 cm³/mol. The molecule has 0 radical (unpaired) electrons. The van der Waals surface area contributed by atoms with Gasteiger partial charge in [-0.15, -0.1) is 0 Å². The third-order valence-electron chi connectivity index (χ3n) is 6.02. The van der Waals surface area contributed by atoms with Gasteiger partial charge in [-0.1, -0.05) is 0 Å². The van der Waals surface area contributed by atoms with Crippen LogP contribution in [0.2, 0.25) is 0 Å². The van der Waals surface area contributed by atoms with Gasteiger partial charge in [-0.2, -0.15) is 15.3 Å². The average molecular weight is 440 g/mol. The minimum Gasteiger partial charge on any atom is -0.395 e. The molecule has 4 rings (SSSR count). The van der Waals surface area contributed by atoms with Gasteiger partial charge in [0.25, 0.3) is 5.91 Å². The Morgan fingerprint density at radius 3 is 2.72 bits per heavy atom. The molecule has 1 amide bonds. The fourth-order valence-electron chi connectivity index (χ4n) is 4.68. The number of H-pyrrole nitrogens is 1. The topological polar surface area (TPSA) is 155 Å². The van der Waals surface area contributed by atoms with E-state index in [1.807, 2.05) is 13.0 Å². The number of carbonyl (C=O) groups excluding carboxylic acids is 1. The molecule has 0 spiro atoms. The van der Waals surface area contributed by atoms with Crippen LogP contribution in [0.25, 0.3) is 0 Å². The van der Waals surface area contributed by atoms with Gasteiger partial charge in [0.2, 0.25) is 5.95 Å². The molecule has 0 aromatic carbocycles. The van der Waals surface area contributed by atoms with E-state index in [-0.39, 0.29) is 30.8 Å². The van der Waals surface area contributed by atoms with Gasteiger partial charge in [0, 0.05) is 55.5 Å². The van der Waals surface area contributed by atoms with Crippen molar-refractivity contribution in [2.75, 3.05) is 30.3 Å². The zero-order valence-electron chi connectivity index (χ0n) is 18.1. The Balaban J connectivity index is 1.50. The molecule has 0 saturated carbocycles. The number of aliphatic hydroxyl groups excluding tert-OH is 1. The number of aryl methyl sites for hydroxylation is 1. The minimum atomic E-state index is -0.378. The number of fused-ring (bicyclic) bond motifs is 2. The van der Waals surface area contributed by atoms with Crippen molar-refractivity contribution >= 4 is 23.5 Å². The van der Waals surface area contributed by atoms with Crippen molar-refractivity contribution in [1.82, 2.24) is 30.4 Å². The molecule has 2 aliphatic rings. The van der Waals surface area contributed by atoms with Crippen LogP contribution >= 0.6 is 0 Å². The predicted octanol–water partition coefficient (Wildman–Crippen LogP) is 1.29. The minimum absolute atomic E-state index is 0.146. The molecule has 2 saturated heterocycles. The summed E-state index contributed by atoms with van der Waals surface area (Å²) in [4.78, 5) is 23.9. The number of carbonyl (C=O) groups is 1. The highest BCUT2D eigenvalue weighted by atomic mass is 16.3. The Labute approximate surface area is 186 Å². The van der Waals surface area contributed by atoms with Gasteiger partial charge in [0.1, 0.15) is 11.5 Å². The van der Waals surface area contributed by atoms with Gasteiger partial charge in [-0.05, 0) is 32.6 Å². The molecule has 5 N–H and O–H groups in total. The second-order valence-corrected chi connectivity index (χ2v) is 8.35. The molecular formula is C21H29N9O2. The zero-order valence-corrected chi connectivity index (χ0v) is 18.1. The summed E-state index contributed by atoms with van der Waals surface area (Å²) in [5.74, 6) is 1.05. The Hall–Kier alpha value is -3.23. The van der Waals surface area contributed by atoms with E-state index in [1.54, 1.807) is 6.07 Å². The fourth-order valence-corrected chi connectivity index (χ4v) is 4.68. The van der Waals surface area contributed by atoms with E-state index in [0.29, 0.717) is 36.1 Å². The Bertz CT molecular complexity index is 972. The molecule has 3 atom stereocenters. The summed E-state index contributed by atoms with van der Waals surface area (Å²) in [6, 6.07) is 6.77. The number of nitrogens with one attached hydrogen (secondary N) is 4. The first kappa shape index (κ1) is 22.0. The van der Waals surface area contributed by atoms with Crippen molar-refractivity contribution in [1.29, 1.82) is 5.26 Å². The van der Waals surface area contributed by atoms with E-state index >= 15 is 0 Å². The van der Waals surface area contributed by atoms with Crippen molar-refractivity contribution < 1.29 is 9.90 Å². The molecule has 4 heterocycles. The fraction of sp³-hybridized carbons (Fsp3) is 0.571. The molecule has 11 nitrogen and oxygen atoms in total. The normalized spacial score (nSPS) is 22.3. The Morgan fingerprint density at radius 2 is 2.06 bits per heavy atom. The molecule has 0 unspecified atom stereocenters. The number of aromatic amines is 1. The van der Waals surface area contributed by atoms with Gasteiger partial charge >= 0.3 is 0 Å². The van der Waals surface area contributed by atoms with Crippen molar-refractivity contribution in [2.24, 2.45) is 0 Å². The van der Waals surface area contributed by atoms with Crippen LogP contribution in [0, 0.1) is 18.3 Å².